The molecule has 7 aromatic carbocycles. The second-order valence-electron chi connectivity index (χ2n) is 12.2. The zero-order valence-corrected chi connectivity index (χ0v) is 24.6. The number of para-hydroxylation sites is 5. The van der Waals surface area contributed by atoms with Crippen molar-refractivity contribution in [1.29, 1.82) is 0 Å². The van der Waals surface area contributed by atoms with Crippen LogP contribution in [0.15, 0.2) is 146 Å². The first-order chi connectivity index (χ1) is 22.9. The third kappa shape index (κ3) is 2.94. The second-order valence-corrected chi connectivity index (χ2v) is 12.2. The van der Waals surface area contributed by atoms with Gasteiger partial charge in [-0.1, -0.05) is 121 Å². The lowest BCUT2D eigenvalue weighted by Gasteiger charge is -2.15. The molecule has 0 radical (unpaired) electrons. The summed E-state index contributed by atoms with van der Waals surface area (Å²) in [5, 5.41) is 9.98. The summed E-state index contributed by atoms with van der Waals surface area (Å²) < 4.78 is 4.90. The molecule has 0 saturated heterocycles. The summed E-state index contributed by atoms with van der Waals surface area (Å²) in [6.45, 7) is 0. The maximum Gasteiger partial charge on any atom is 0.165 e. The molecule has 46 heavy (non-hydrogen) atoms. The van der Waals surface area contributed by atoms with Gasteiger partial charge in [-0.2, -0.15) is 0 Å². The summed E-state index contributed by atoms with van der Waals surface area (Å²) >= 11 is 0. The molecule has 212 valence electrons. The lowest BCUT2D eigenvalue weighted by atomic mass is 9.98. The van der Waals surface area contributed by atoms with E-state index >= 15 is 0 Å². The molecule has 0 aliphatic heterocycles. The van der Waals surface area contributed by atoms with Gasteiger partial charge in [-0.3, -0.25) is 4.57 Å². The van der Waals surface area contributed by atoms with Crippen molar-refractivity contribution in [1.82, 2.24) is 18.9 Å². The lowest BCUT2D eigenvalue weighted by molar-refractivity contribution is 1.08. The molecule has 0 spiro atoms. The van der Waals surface area contributed by atoms with Crippen molar-refractivity contribution >= 4 is 81.7 Å². The van der Waals surface area contributed by atoms with Gasteiger partial charge in [0.15, 0.2) is 5.82 Å². The Morgan fingerprint density at radius 2 is 0.957 bits per heavy atom. The third-order valence-corrected chi connectivity index (χ3v) is 9.80. The Balaban J connectivity index is 1.47. The molecule has 0 unspecified atom stereocenters. The molecule has 4 heteroatoms. The van der Waals surface area contributed by atoms with E-state index in [9.17, 15) is 0 Å². The molecule has 0 fully saturated rings. The smallest absolute Gasteiger partial charge is 0.165 e. The summed E-state index contributed by atoms with van der Waals surface area (Å²) in [4.78, 5) is 10.7. The highest BCUT2D eigenvalue weighted by Gasteiger charge is 2.27. The summed E-state index contributed by atoms with van der Waals surface area (Å²) in [7, 11) is 0. The van der Waals surface area contributed by atoms with E-state index in [2.05, 4.69) is 142 Å². The van der Waals surface area contributed by atoms with E-state index in [-0.39, 0.29) is 0 Å². The number of hydrogen-bond donors (Lipinski definition) is 0. The van der Waals surface area contributed by atoms with Crippen LogP contribution in [-0.2, 0) is 0 Å². The molecule has 4 aromatic heterocycles. The Bertz CT molecular complexity index is 3020. The molecule has 0 amide bonds. The minimum atomic E-state index is 0.835. The van der Waals surface area contributed by atoms with Crippen molar-refractivity contribution in [2.75, 3.05) is 0 Å². The van der Waals surface area contributed by atoms with E-state index in [1.165, 1.54) is 59.6 Å². The van der Waals surface area contributed by atoms with Crippen LogP contribution in [-0.4, -0.2) is 18.9 Å². The first-order valence-corrected chi connectivity index (χ1v) is 15.7. The van der Waals surface area contributed by atoms with Crippen LogP contribution in [0.4, 0.5) is 0 Å². The lowest BCUT2D eigenvalue weighted by Crippen LogP contribution is -2.04. The Morgan fingerprint density at radius 3 is 1.78 bits per heavy atom. The molecular formula is C42H24N4. The van der Waals surface area contributed by atoms with Gasteiger partial charge in [0.25, 0.3) is 0 Å². The largest absolute Gasteiger partial charge is 0.307 e. The number of aromatic nitrogens is 4. The predicted octanol–water partition coefficient (Wildman–Crippen LogP) is 10.7. The number of rotatable bonds is 2. The highest BCUT2D eigenvalue weighted by molar-refractivity contribution is 6.39. The van der Waals surface area contributed by atoms with E-state index in [1.807, 2.05) is 12.1 Å². The first kappa shape index (κ1) is 24.1. The third-order valence-electron chi connectivity index (χ3n) is 9.80. The minimum Gasteiger partial charge on any atom is -0.307 e. The molecule has 0 bridgehead atoms. The van der Waals surface area contributed by atoms with Gasteiger partial charge < -0.3 is 4.40 Å². The molecule has 4 heterocycles. The topological polar surface area (TPSA) is 35.1 Å². The van der Waals surface area contributed by atoms with Crippen molar-refractivity contribution in [3.05, 3.63) is 146 Å². The SMILES string of the molecule is c1ccc(-c2nc3ccccc3nc2-n2c3ccccc3c3c4ccccc4c4c(c5cccc6c7ccccc7n4c65)c32)cc1. The normalized spacial score (nSPS) is 12.3. The molecule has 0 atom stereocenters. The van der Waals surface area contributed by atoms with Crippen LogP contribution in [0.1, 0.15) is 0 Å². The van der Waals surface area contributed by atoms with Gasteiger partial charge in [0.1, 0.15) is 5.69 Å². The van der Waals surface area contributed by atoms with Gasteiger partial charge in [-0.15, -0.1) is 0 Å². The summed E-state index contributed by atoms with van der Waals surface area (Å²) in [5.74, 6) is 0.835. The first-order valence-electron chi connectivity index (χ1n) is 15.7. The zero-order valence-electron chi connectivity index (χ0n) is 24.6. The molecule has 11 rings (SSSR count). The number of fused-ring (bicyclic) bond motifs is 14. The summed E-state index contributed by atoms with van der Waals surface area (Å²) in [6.07, 6.45) is 0. The van der Waals surface area contributed by atoms with Crippen molar-refractivity contribution in [2.45, 2.75) is 0 Å². The Hall–Kier alpha value is -6.26. The van der Waals surface area contributed by atoms with E-state index < -0.39 is 0 Å². The van der Waals surface area contributed by atoms with E-state index in [1.54, 1.807) is 0 Å². The monoisotopic (exact) mass is 584 g/mol. The van der Waals surface area contributed by atoms with E-state index in [0.717, 1.165) is 39.1 Å². The maximum atomic E-state index is 5.43. The Labute approximate surface area is 262 Å². The fourth-order valence-electron chi connectivity index (χ4n) is 8.00. The van der Waals surface area contributed by atoms with Crippen LogP contribution in [0.5, 0.6) is 0 Å². The molecule has 11 aromatic rings. The number of nitrogens with zero attached hydrogens (tertiary/aromatic N) is 4. The van der Waals surface area contributed by atoms with Crippen LogP contribution >= 0.6 is 0 Å². The van der Waals surface area contributed by atoms with Crippen LogP contribution in [0.3, 0.4) is 0 Å². The highest BCUT2D eigenvalue weighted by Crippen LogP contribution is 2.48. The van der Waals surface area contributed by atoms with Crippen molar-refractivity contribution in [2.24, 2.45) is 0 Å². The van der Waals surface area contributed by atoms with Crippen molar-refractivity contribution in [3.8, 4) is 17.1 Å². The Kier molecular flexibility index (Phi) is 4.55. The van der Waals surface area contributed by atoms with Gasteiger partial charge in [0, 0.05) is 43.3 Å². The average Bonchev–Trinajstić information content (AvgIpc) is 3.77. The van der Waals surface area contributed by atoms with Crippen molar-refractivity contribution < 1.29 is 0 Å². The van der Waals surface area contributed by atoms with Crippen LogP contribution in [0.25, 0.3) is 98.8 Å². The minimum absolute atomic E-state index is 0.835. The predicted molar refractivity (Wildman–Crippen MR) is 191 cm³/mol. The van der Waals surface area contributed by atoms with Gasteiger partial charge in [0.2, 0.25) is 0 Å². The highest BCUT2D eigenvalue weighted by atomic mass is 15.1. The fourth-order valence-corrected chi connectivity index (χ4v) is 8.00. The van der Waals surface area contributed by atoms with E-state index in [0.29, 0.717) is 0 Å². The fraction of sp³-hybridized carbons (Fsp3) is 0. The van der Waals surface area contributed by atoms with Gasteiger partial charge >= 0.3 is 0 Å². The second kappa shape index (κ2) is 8.68. The van der Waals surface area contributed by atoms with E-state index in [4.69, 9.17) is 9.97 Å². The quantitative estimate of drug-likeness (QED) is 0.203. The Morgan fingerprint density at radius 1 is 0.370 bits per heavy atom. The molecule has 0 N–H and O–H groups in total. The summed E-state index contributed by atoms with van der Waals surface area (Å²) in [6, 6.07) is 51.9. The van der Waals surface area contributed by atoms with Crippen molar-refractivity contribution in [3.63, 3.8) is 0 Å². The molecule has 4 nitrogen and oxygen atoms in total. The zero-order chi connectivity index (χ0) is 29.9. The van der Waals surface area contributed by atoms with Crippen LogP contribution in [0.2, 0.25) is 0 Å². The number of benzene rings is 7. The molecular weight excluding hydrogens is 560 g/mol. The molecule has 0 aliphatic carbocycles. The standard InChI is InChI=1S/C42H24N4/c1-2-13-25(14-3-1)38-42(44-33-22-9-8-21-32(33)43-38)46-35-24-11-7-18-30(35)36-27-16-4-5-17-29(27)40-37(41(36)46)31-20-12-19-28-26-15-6-10-23-34(26)45(40)39(28)31/h1-24H. The van der Waals surface area contributed by atoms with Gasteiger partial charge in [-0.25, -0.2) is 9.97 Å². The van der Waals surface area contributed by atoms with Crippen LogP contribution in [0, 0.1) is 0 Å². The molecule has 0 aliphatic rings. The van der Waals surface area contributed by atoms with Gasteiger partial charge in [-0.05, 0) is 29.7 Å². The number of hydrogen-bond acceptors (Lipinski definition) is 2. The van der Waals surface area contributed by atoms with Crippen LogP contribution < -0.4 is 0 Å². The summed E-state index contributed by atoms with van der Waals surface area (Å²) in [5.41, 5.74) is 9.67. The molecule has 0 saturated carbocycles. The van der Waals surface area contributed by atoms with Gasteiger partial charge in [0.05, 0.1) is 38.6 Å². The average molecular weight is 585 g/mol. The maximum absolute atomic E-state index is 5.43.